The standard InChI is InChI=1S/C19H28F2N4O3S.HI/c1-2-22-19(23-11-14-8-10-29(26,27)13-14)24-15-7-9-25(12-15)16-5-3-4-6-17(16)28-18(20)21;/h3-6,14-15,18H,2,7-13H2,1H3,(H2,22,23,24);1H. The van der Waals surface area contributed by atoms with E-state index in [0.29, 0.717) is 44.2 Å². The lowest BCUT2D eigenvalue weighted by molar-refractivity contribution is -0.0495. The van der Waals surface area contributed by atoms with Crippen LogP contribution in [0.15, 0.2) is 29.3 Å². The van der Waals surface area contributed by atoms with Crippen LogP contribution in [0, 0.1) is 5.92 Å². The fraction of sp³-hybridized carbons (Fsp3) is 0.632. The SMILES string of the molecule is CCNC(=NCC1CCS(=O)(=O)C1)NC1CCN(c2ccccc2OC(F)F)C1.I. The molecule has 0 radical (unpaired) electrons. The lowest BCUT2D eigenvalue weighted by atomic mass is 10.1. The van der Waals surface area contributed by atoms with Crippen LogP contribution < -0.4 is 20.3 Å². The van der Waals surface area contributed by atoms with Crippen molar-refractivity contribution in [2.45, 2.75) is 32.4 Å². The van der Waals surface area contributed by atoms with Crippen molar-refractivity contribution in [3.8, 4) is 5.75 Å². The van der Waals surface area contributed by atoms with E-state index < -0.39 is 16.4 Å². The summed E-state index contributed by atoms with van der Waals surface area (Å²) in [6.07, 6.45) is 1.48. The van der Waals surface area contributed by atoms with E-state index in [1.807, 2.05) is 11.8 Å². The molecule has 0 spiro atoms. The van der Waals surface area contributed by atoms with Crippen LogP contribution in [0.4, 0.5) is 14.5 Å². The minimum Gasteiger partial charge on any atom is -0.433 e. The highest BCUT2D eigenvalue weighted by Crippen LogP contribution is 2.31. The molecule has 0 saturated carbocycles. The summed E-state index contributed by atoms with van der Waals surface area (Å²) in [4.78, 5) is 6.58. The van der Waals surface area contributed by atoms with Crippen LogP contribution in [0.2, 0.25) is 0 Å². The number of nitrogens with zero attached hydrogens (tertiary/aromatic N) is 2. The van der Waals surface area contributed by atoms with Crippen molar-refractivity contribution < 1.29 is 21.9 Å². The average molecular weight is 558 g/mol. The molecule has 2 atom stereocenters. The summed E-state index contributed by atoms with van der Waals surface area (Å²) in [6.45, 7) is 1.61. The Kier molecular flexibility index (Phi) is 9.38. The highest BCUT2D eigenvalue weighted by molar-refractivity contribution is 14.0. The van der Waals surface area contributed by atoms with E-state index in [9.17, 15) is 17.2 Å². The molecule has 0 aliphatic carbocycles. The van der Waals surface area contributed by atoms with Crippen molar-refractivity contribution in [3.63, 3.8) is 0 Å². The number of guanidine groups is 1. The molecule has 0 amide bonds. The van der Waals surface area contributed by atoms with E-state index in [4.69, 9.17) is 0 Å². The fourth-order valence-corrected chi connectivity index (χ4v) is 5.61. The van der Waals surface area contributed by atoms with Crippen LogP contribution >= 0.6 is 24.0 Å². The van der Waals surface area contributed by atoms with Crippen molar-refractivity contribution in [3.05, 3.63) is 24.3 Å². The van der Waals surface area contributed by atoms with E-state index in [1.165, 1.54) is 0 Å². The molecule has 170 valence electrons. The Morgan fingerprint density at radius 1 is 1.33 bits per heavy atom. The first kappa shape index (κ1) is 24.9. The molecule has 11 heteroatoms. The Morgan fingerprint density at radius 3 is 2.77 bits per heavy atom. The van der Waals surface area contributed by atoms with E-state index in [-0.39, 0.29) is 53.2 Å². The Balaban J connectivity index is 0.00000320. The van der Waals surface area contributed by atoms with Crippen LogP contribution in [0.3, 0.4) is 0 Å². The van der Waals surface area contributed by atoms with Gasteiger partial charge in [-0.05, 0) is 37.8 Å². The molecule has 2 fully saturated rings. The summed E-state index contributed by atoms with van der Waals surface area (Å²) < 4.78 is 53.2. The normalized spacial score (nSPS) is 23.3. The summed E-state index contributed by atoms with van der Waals surface area (Å²) in [5.74, 6) is 1.34. The third-order valence-electron chi connectivity index (χ3n) is 5.13. The minimum absolute atomic E-state index is 0. The number of ether oxygens (including phenoxy) is 1. The third kappa shape index (κ3) is 7.10. The van der Waals surface area contributed by atoms with Gasteiger partial charge >= 0.3 is 6.61 Å². The molecule has 2 N–H and O–H groups in total. The van der Waals surface area contributed by atoms with Gasteiger partial charge in [-0.3, -0.25) is 4.99 Å². The van der Waals surface area contributed by atoms with Gasteiger partial charge in [0.15, 0.2) is 15.8 Å². The zero-order valence-electron chi connectivity index (χ0n) is 16.9. The molecular weight excluding hydrogens is 529 g/mol. The average Bonchev–Trinajstić information content (AvgIpc) is 3.26. The number of benzene rings is 1. The second-order valence-corrected chi connectivity index (χ2v) is 9.64. The second-order valence-electron chi connectivity index (χ2n) is 7.41. The van der Waals surface area contributed by atoms with Gasteiger partial charge in [-0.15, -0.1) is 24.0 Å². The van der Waals surface area contributed by atoms with Crippen LogP contribution in [-0.4, -0.2) is 64.7 Å². The zero-order valence-corrected chi connectivity index (χ0v) is 20.0. The number of para-hydroxylation sites is 2. The summed E-state index contributed by atoms with van der Waals surface area (Å²) in [5.41, 5.74) is 0.648. The lowest BCUT2D eigenvalue weighted by Crippen LogP contribution is -2.45. The van der Waals surface area contributed by atoms with Gasteiger partial charge in [0.25, 0.3) is 0 Å². The molecule has 0 bridgehead atoms. The van der Waals surface area contributed by atoms with Crippen LogP contribution in [0.5, 0.6) is 5.75 Å². The number of alkyl halides is 2. The van der Waals surface area contributed by atoms with Crippen LogP contribution in [0.1, 0.15) is 19.8 Å². The van der Waals surface area contributed by atoms with Crippen LogP contribution in [0.25, 0.3) is 0 Å². The predicted octanol–water partition coefficient (Wildman–Crippen LogP) is 2.47. The Hall–Kier alpha value is -1.37. The number of hydrogen-bond donors (Lipinski definition) is 2. The maximum Gasteiger partial charge on any atom is 0.387 e. The molecule has 7 nitrogen and oxygen atoms in total. The number of halogens is 3. The number of hydrogen-bond acceptors (Lipinski definition) is 5. The number of nitrogens with one attached hydrogen (secondary N) is 2. The van der Waals surface area contributed by atoms with Gasteiger partial charge in [-0.2, -0.15) is 8.78 Å². The van der Waals surface area contributed by atoms with Crippen molar-refractivity contribution in [1.82, 2.24) is 10.6 Å². The summed E-state index contributed by atoms with van der Waals surface area (Å²) >= 11 is 0. The maximum absolute atomic E-state index is 12.7. The summed E-state index contributed by atoms with van der Waals surface area (Å²) in [5, 5.41) is 6.57. The molecule has 1 aromatic rings. The lowest BCUT2D eigenvalue weighted by Gasteiger charge is -2.22. The molecule has 3 rings (SSSR count). The number of anilines is 1. The molecule has 0 aromatic heterocycles. The molecule has 2 saturated heterocycles. The van der Waals surface area contributed by atoms with Crippen LogP contribution in [-0.2, 0) is 9.84 Å². The van der Waals surface area contributed by atoms with Gasteiger partial charge in [-0.1, -0.05) is 12.1 Å². The first-order chi connectivity index (χ1) is 13.9. The van der Waals surface area contributed by atoms with Crippen molar-refractivity contribution in [2.75, 3.05) is 42.6 Å². The molecule has 1 aromatic carbocycles. The highest BCUT2D eigenvalue weighted by Gasteiger charge is 2.28. The number of aliphatic imine (C=N–C) groups is 1. The zero-order chi connectivity index (χ0) is 20.9. The van der Waals surface area contributed by atoms with E-state index in [2.05, 4.69) is 20.4 Å². The van der Waals surface area contributed by atoms with E-state index >= 15 is 0 Å². The smallest absolute Gasteiger partial charge is 0.387 e. The first-order valence-corrected chi connectivity index (χ1v) is 11.7. The summed E-state index contributed by atoms with van der Waals surface area (Å²) in [6, 6.07) is 6.89. The van der Waals surface area contributed by atoms with Crippen molar-refractivity contribution >= 4 is 45.5 Å². The van der Waals surface area contributed by atoms with Gasteiger partial charge < -0.3 is 20.3 Å². The van der Waals surface area contributed by atoms with E-state index in [0.717, 1.165) is 6.42 Å². The number of rotatable bonds is 7. The fourth-order valence-electron chi connectivity index (χ4n) is 3.76. The Bertz CT molecular complexity index is 826. The predicted molar refractivity (Wildman–Crippen MR) is 125 cm³/mol. The molecule has 30 heavy (non-hydrogen) atoms. The minimum atomic E-state index is -2.91. The quantitative estimate of drug-likeness (QED) is 0.304. The third-order valence-corrected chi connectivity index (χ3v) is 6.97. The summed E-state index contributed by atoms with van der Waals surface area (Å²) in [7, 11) is -2.91. The van der Waals surface area contributed by atoms with Gasteiger partial charge in [-0.25, -0.2) is 8.42 Å². The Morgan fingerprint density at radius 2 is 2.10 bits per heavy atom. The molecule has 2 aliphatic rings. The van der Waals surface area contributed by atoms with Gasteiger partial charge in [0.2, 0.25) is 0 Å². The maximum atomic E-state index is 12.7. The topological polar surface area (TPSA) is 83.0 Å². The monoisotopic (exact) mass is 558 g/mol. The first-order valence-electron chi connectivity index (χ1n) is 9.90. The highest BCUT2D eigenvalue weighted by atomic mass is 127. The van der Waals surface area contributed by atoms with Crippen molar-refractivity contribution in [1.29, 1.82) is 0 Å². The molecule has 2 unspecified atom stereocenters. The van der Waals surface area contributed by atoms with Crippen molar-refractivity contribution in [2.24, 2.45) is 10.9 Å². The second kappa shape index (κ2) is 11.3. The van der Waals surface area contributed by atoms with Gasteiger partial charge in [0.1, 0.15) is 5.75 Å². The van der Waals surface area contributed by atoms with Gasteiger partial charge in [0, 0.05) is 32.2 Å². The molecule has 2 heterocycles. The van der Waals surface area contributed by atoms with Gasteiger partial charge in [0.05, 0.1) is 17.2 Å². The number of sulfone groups is 1. The molecular formula is C19H29F2IN4O3S. The largest absolute Gasteiger partial charge is 0.433 e. The van der Waals surface area contributed by atoms with E-state index in [1.54, 1.807) is 24.3 Å². The molecule has 2 aliphatic heterocycles. The Labute approximate surface area is 193 Å².